The summed E-state index contributed by atoms with van der Waals surface area (Å²) in [5, 5.41) is 3.27. The second-order valence-corrected chi connectivity index (χ2v) is 4.00. The summed E-state index contributed by atoms with van der Waals surface area (Å²) >= 11 is 5.15. The minimum absolute atomic E-state index is 0.231. The molecule has 0 aliphatic heterocycles. The van der Waals surface area contributed by atoms with Crippen LogP contribution in [0.5, 0.6) is 0 Å². The molecule has 0 aromatic carbocycles. The van der Waals surface area contributed by atoms with E-state index in [1.54, 1.807) is 0 Å². The number of aromatic nitrogens is 2. The van der Waals surface area contributed by atoms with E-state index in [0.29, 0.717) is 5.69 Å². The molecule has 0 bridgehead atoms. The highest BCUT2D eigenvalue weighted by Crippen LogP contribution is 2.40. The van der Waals surface area contributed by atoms with Gasteiger partial charge in [-0.05, 0) is 30.5 Å². The molecule has 1 aromatic heterocycles. The van der Waals surface area contributed by atoms with Gasteiger partial charge in [-0.15, -0.1) is 0 Å². The van der Waals surface area contributed by atoms with Crippen molar-refractivity contribution in [1.29, 1.82) is 0 Å². The number of halogens is 3. The number of carbonyl (C=O) groups excluding carboxylic acids is 1. The molecule has 0 unspecified atom stereocenters. The van der Waals surface area contributed by atoms with Crippen molar-refractivity contribution in [2.24, 2.45) is 0 Å². The standard InChI is InChI=1S/C9H9ClF2N2O/c10-8(15)4-14-7(9(11)12)3-6(13-14)5-1-2-5/h3,5,9H,1-2,4H2. The van der Waals surface area contributed by atoms with E-state index in [1.807, 2.05) is 0 Å². The molecule has 0 radical (unpaired) electrons. The molecule has 6 heteroatoms. The van der Waals surface area contributed by atoms with E-state index >= 15 is 0 Å². The largest absolute Gasteiger partial charge is 0.280 e. The lowest BCUT2D eigenvalue weighted by molar-refractivity contribution is -0.112. The first-order valence-corrected chi connectivity index (χ1v) is 5.00. The van der Waals surface area contributed by atoms with Crippen LogP contribution in [0, 0.1) is 0 Å². The zero-order valence-corrected chi connectivity index (χ0v) is 8.55. The van der Waals surface area contributed by atoms with Crippen LogP contribution in [0.4, 0.5) is 8.78 Å². The van der Waals surface area contributed by atoms with Gasteiger partial charge in [0.1, 0.15) is 12.2 Å². The normalized spacial score (nSPS) is 16.0. The van der Waals surface area contributed by atoms with Gasteiger partial charge in [0.15, 0.2) is 0 Å². The molecule has 0 N–H and O–H groups in total. The first-order valence-electron chi connectivity index (χ1n) is 4.62. The smallest absolute Gasteiger partial charge is 0.279 e. The van der Waals surface area contributed by atoms with Crippen molar-refractivity contribution in [2.75, 3.05) is 0 Å². The summed E-state index contributed by atoms with van der Waals surface area (Å²) in [4.78, 5) is 10.6. The second kappa shape index (κ2) is 3.89. The van der Waals surface area contributed by atoms with Gasteiger partial charge in [0, 0.05) is 5.92 Å². The van der Waals surface area contributed by atoms with Gasteiger partial charge in [-0.3, -0.25) is 9.48 Å². The first kappa shape index (κ1) is 10.5. The van der Waals surface area contributed by atoms with Crippen LogP contribution in [0.15, 0.2) is 6.07 Å². The summed E-state index contributed by atoms with van der Waals surface area (Å²) in [6.07, 6.45) is -0.663. The van der Waals surface area contributed by atoms with E-state index in [0.717, 1.165) is 17.5 Å². The molecule has 0 atom stereocenters. The Morgan fingerprint density at radius 3 is 2.80 bits per heavy atom. The highest BCUT2D eigenvalue weighted by atomic mass is 35.5. The van der Waals surface area contributed by atoms with Crippen molar-refractivity contribution in [2.45, 2.75) is 31.7 Å². The minimum Gasteiger partial charge on any atom is -0.279 e. The van der Waals surface area contributed by atoms with Gasteiger partial charge in [-0.2, -0.15) is 5.10 Å². The summed E-state index contributed by atoms with van der Waals surface area (Å²) in [6.45, 7) is -0.298. The molecule has 1 heterocycles. The second-order valence-electron chi connectivity index (χ2n) is 3.58. The maximum Gasteiger partial charge on any atom is 0.280 e. The Morgan fingerprint density at radius 2 is 2.33 bits per heavy atom. The summed E-state index contributed by atoms with van der Waals surface area (Å²) in [6, 6.07) is 1.36. The van der Waals surface area contributed by atoms with E-state index in [1.165, 1.54) is 6.07 Å². The van der Waals surface area contributed by atoms with Gasteiger partial charge in [-0.25, -0.2) is 8.78 Å². The average molecular weight is 235 g/mol. The zero-order valence-electron chi connectivity index (χ0n) is 7.79. The molecule has 0 spiro atoms. The lowest BCUT2D eigenvalue weighted by Gasteiger charge is -2.02. The zero-order chi connectivity index (χ0) is 11.0. The van der Waals surface area contributed by atoms with Gasteiger partial charge in [0.25, 0.3) is 6.43 Å². The quantitative estimate of drug-likeness (QED) is 0.750. The Bertz CT molecular complexity index is 387. The van der Waals surface area contributed by atoms with Crippen LogP contribution in [0.2, 0.25) is 0 Å². The third-order valence-corrected chi connectivity index (χ3v) is 2.44. The van der Waals surface area contributed by atoms with Crippen molar-refractivity contribution in [3.8, 4) is 0 Å². The molecule has 0 amide bonds. The molecule has 15 heavy (non-hydrogen) atoms. The van der Waals surface area contributed by atoms with Crippen molar-refractivity contribution in [3.63, 3.8) is 0 Å². The van der Waals surface area contributed by atoms with Crippen molar-refractivity contribution >= 4 is 16.8 Å². The van der Waals surface area contributed by atoms with E-state index in [9.17, 15) is 13.6 Å². The minimum atomic E-state index is -2.62. The molecule has 82 valence electrons. The SMILES string of the molecule is O=C(Cl)Cn1nc(C2CC2)cc1C(F)F. The first-order chi connectivity index (χ1) is 7.08. The van der Waals surface area contributed by atoms with Gasteiger partial charge >= 0.3 is 0 Å². The molecule has 1 saturated carbocycles. The molecular weight excluding hydrogens is 226 g/mol. The van der Waals surface area contributed by atoms with E-state index in [2.05, 4.69) is 5.10 Å². The molecule has 1 aromatic rings. The van der Waals surface area contributed by atoms with Crippen LogP contribution in [0.3, 0.4) is 0 Å². The van der Waals surface area contributed by atoms with Gasteiger partial charge < -0.3 is 0 Å². The summed E-state index contributed by atoms with van der Waals surface area (Å²) in [7, 11) is 0. The Hall–Kier alpha value is -0.970. The van der Waals surface area contributed by atoms with E-state index < -0.39 is 11.7 Å². The molecule has 1 aliphatic carbocycles. The Morgan fingerprint density at radius 1 is 1.67 bits per heavy atom. The molecule has 2 rings (SSSR count). The van der Waals surface area contributed by atoms with Crippen LogP contribution >= 0.6 is 11.6 Å². The number of alkyl halides is 2. The number of rotatable bonds is 4. The fraction of sp³-hybridized carbons (Fsp3) is 0.556. The molecule has 0 saturated heterocycles. The molecule has 3 nitrogen and oxygen atoms in total. The van der Waals surface area contributed by atoms with Crippen LogP contribution in [0.25, 0.3) is 0 Å². The number of hydrogen-bond donors (Lipinski definition) is 0. The fourth-order valence-corrected chi connectivity index (χ4v) is 1.56. The molecular formula is C9H9ClF2N2O. The van der Waals surface area contributed by atoms with Crippen LogP contribution in [-0.4, -0.2) is 15.0 Å². The predicted octanol–water partition coefficient (Wildman–Crippen LogP) is 2.46. The van der Waals surface area contributed by atoms with Crippen molar-refractivity contribution in [3.05, 3.63) is 17.5 Å². The summed E-state index contributed by atoms with van der Waals surface area (Å²) in [5.74, 6) is 0.286. The fourth-order valence-electron chi connectivity index (χ4n) is 1.45. The highest BCUT2D eigenvalue weighted by Gasteiger charge is 2.29. The van der Waals surface area contributed by atoms with Crippen molar-refractivity contribution < 1.29 is 13.6 Å². The van der Waals surface area contributed by atoms with Crippen molar-refractivity contribution in [1.82, 2.24) is 9.78 Å². The number of nitrogens with zero attached hydrogens (tertiary/aromatic N) is 2. The Kier molecular flexibility index (Phi) is 2.73. The topological polar surface area (TPSA) is 34.9 Å². The molecule has 1 aliphatic rings. The van der Waals surface area contributed by atoms with Gasteiger partial charge in [-0.1, -0.05) is 0 Å². The lowest BCUT2D eigenvalue weighted by atomic mass is 10.3. The van der Waals surface area contributed by atoms with E-state index in [4.69, 9.17) is 11.6 Å². The Labute approximate surface area is 90.0 Å². The van der Waals surface area contributed by atoms with E-state index in [-0.39, 0.29) is 18.2 Å². The lowest BCUT2D eigenvalue weighted by Crippen LogP contribution is -2.10. The summed E-state index contributed by atoms with van der Waals surface area (Å²) < 4.78 is 26.1. The summed E-state index contributed by atoms with van der Waals surface area (Å²) in [5.41, 5.74) is 0.411. The molecule has 1 fully saturated rings. The van der Waals surface area contributed by atoms with Gasteiger partial charge in [0.2, 0.25) is 5.24 Å². The number of hydrogen-bond acceptors (Lipinski definition) is 2. The average Bonchev–Trinajstić information content (AvgIpc) is 2.88. The third-order valence-electron chi connectivity index (χ3n) is 2.32. The van der Waals surface area contributed by atoms with Crippen LogP contribution in [-0.2, 0) is 11.3 Å². The van der Waals surface area contributed by atoms with Gasteiger partial charge in [0.05, 0.1) is 5.69 Å². The maximum absolute atomic E-state index is 12.6. The highest BCUT2D eigenvalue weighted by molar-refractivity contribution is 6.63. The Balaban J connectivity index is 2.27. The maximum atomic E-state index is 12.6. The van der Waals surface area contributed by atoms with Crippen LogP contribution in [0.1, 0.15) is 36.6 Å². The monoisotopic (exact) mass is 234 g/mol. The predicted molar refractivity (Wildman–Crippen MR) is 50.0 cm³/mol. The number of carbonyl (C=O) groups is 1. The third kappa shape index (κ3) is 2.34. The van der Waals surface area contributed by atoms with Crippen LogP contribution < -0.4 is 0 Å².